The van der Waals surface area contributed by atoms with E-state index in [1.807, 2.05) is 78.9 Å². The molecule has 0 saturated carbocycles. The Labute approximate surface area is 312 Å². The van der Waals surface area contributed by atoms with Crippen molar-refractivity contribution >= 4 is 43.1 Å². The molecule has 0 aliphatic carbocycles. The molecule has 0 amide bonds. The van der Waals surface area contributed by atoms with Crippen LogP contribution in [-0.4, -0.2) is 0 Å². The van der Waals surface area contributed by atoms with Gasteiger partial charge < -0.3 is 4.74 Å². The molecule has 53 heavy (non-hydrogen) atoms. The fourth-order valence-corrected chi connectivity index (χ4v) is 8.24. The van der Waals surface area contributed by atoms with Gasteiger partial charge in [-0.3, -0.25) is 0 Å². The highest BCUT2D eigenvalue weighted by molar-refractivity contribution is 6.22. The number of fused-ring (bicyclic) bond motifs is 6. The van der Waals surface area contributed by atoms with E-state index in [4.69, 9.17) is 4.74 Å². The predicted molar refractivity (Wildman–Crippen MR) is 224 cm³/mol. The summed E-state index contributed by atoms with van der Waals surface area (Å²) in [6.45, 7) is 0. The molecule has 0 saturated heterocycles. The molecule has 0 spiro atoms. The summed E-state index contributed by atoms with van der Waals surface area (Å²) in [5.41, 5.74) is 8.15. The van der Waals surface area contributed by atoms with Gasteiger partial charge in [0.1, 0.15) is 11.5 Å². The topological polar surface area (TPSA) is 9.23 Å². The fraction of sp³-hybridized carbons (Fsp3) is 0. The maximum atomic E-state index is 10.2. The van der Waals surface area contributed by atoms with E-state index in [0.717, 1.165) is 93.5 Å². The molecule has 1 aliphatic rings. The molecule has 0 aromatic heterocycles. The zero-order valence-electron chi connectivity index (χ0n) is 31.7. The highest BCUT2D eigenvalue weighted by atomic mass is 16.5. The lowest BCUT2D eigenvalue weighted by atomic mass is 9.85. The van der Waals surface area contributed by atoms with Gasteiger partial charge in [-0.1, -0.05) is 152 Å². The molecule has 1 nitrogen and oxygen atoms in total. The standard InChI is InChI=1S/C52H32O/c1-3-12-33(13-4-1)36-24-25-45-47-21-11-20-46-42(26-27-48(52(46)47)53-49(45)32-36)40-29-39(34-14-5-2-6-15-34)30-41(31-40)51-44-19-10-8-17-37(44)28-38-23-22-35-16-7-9-18-43(35)50(38)51/h1-32H/i29D,30D,31D. The molecule has 1 heteroatoms. The summed E-state index contributed by atoms with van der Waals surface area (Å²) in [6.07, 6.45) is 0. The Kier molecular flexibility index (Phi) is 5.97. The molecule has 0 radical (unpaired) electrons. The van der Waals surface area contributed by atoms with Crippen molar-refractivity contribution in [1.29, 1.82) is 0 Å². The summed E-state index contributed by atoms with van der Waals surface area (Å²) in [6, 6.07) is 60.3. The lowest BCUT2D eigenvalue weighted by molar-refractivity contribution is 0.487. The van der Waals surface area contributed by atoms with Gasteiger partial charge in [0.2, 0.25) is 0 Å². The second kappa shape index (κ2) is 11.8. The van der Waals surface area contributed by atoms with Crippen molar-refractivity contribution in [2.45, 2.75) is 0 Å². The Bertz CT molecular complexity index is 3240. The van der Waals surface area contributed by atoms with Crippen molar-refractivity contribution < 1.29 is 8.85 Å². The van der Waals surface area contributed by atoms with Gasteiger partial charge in [0.05, 0.1) is 4.11 Å². The van der Waals surface area contributed by atoms with E-state index in [9.17, 15) is 4.11 Å². The van der Waals surface area contributed by atoms with Gasteiger partial charge in [0.25, 0.3) is 0 Å². The average Bonchev–Trinajstić information content (AvgIpc) is 3.24. The van der Waals surface area contributed by atoms with Gasteiger partial charge in [0, 0.05) is 10.9 Å². The molecule has 0 unspecified atom stereocenters. The molecular formula is C52H32O. The van der Waals surface area contributed by atoms with Crippen LogP contribution in [0.2, 0.25) is 0 Å². The number of hydrogen-bond donors (Lipinski definition) is 0. The molecule has 0 N–H and O–H groups in total. The van der Waals surface area contributed by atoms with Gasteiger partial charge in [-0.25, -0.2) is 0 Å². The van der Waals surface area contributed by atoms with E-state index < -0.39 is 0 Å². The smallest absolute Gasteiger partial charge is 0.135 e. The quantitative estimate of drug-likeness (QED) is 0.133. The maximum Gasteiger partial charge on any atom is 0.135 e. The molecule has 1 aliphatic heterocycles. The Morgan fingerprint density at radius 3 is 1.79 bits per heavy atom. The van der Waals surface area contributed by atoms with Crippen molar-refractivity contribution in [1.82, 2.24) is 0 Å². The first kappa shape index (κ1) is 26.8. The molecule has 10 aromatic carbocycles. The van der Waals surface area contributed by atoms with Crippen molar-refractivity contribution in [2.24, 2.45) is 0 Å². The Morgan fingerprint density at radius 1 is 0.321 bits per heavy atom. The largest absolute Gasteiger partial charge is 0.456 e. The van der Waals surface area contributed by atoms with Crippen LogP contribution in [0.5, 0.6) is 11.5 Å². The van der Waals surface area contributed by atoms with E-state index in [2.05, 4.69) is 97.1 Å². The number of rotatable bonds is 4. The lowest BCUT2D eigenvalue weighted by Gasteiger charge is -2.23. The summed E-state index contributed by atoms with van der Waals surface area (Å²) in [5, 5.41) is 8.06. The van der Waals surface area contributed by atoms with Gasteiger partial charge in [-0.05, 0) is 130 Å². The second-order valence-corrected chi connectivity index (χ2v) is 13.7. The van der Waals surface area contributed by atoms with Crippen LogP contribution in [0.4, 0.5) is 0 Å². The summed E-state index contributed by atoms with van der Waals surface area (Å²) in [4.78, 5) is 0. The molecule has 10 aromatic rings. The zero-order valence-corrected chi connectivity index (χ0v) is 28.7. The van der Waals surface area contributed by atoms with E-state index in [-0.39, 0.29) is 18.1 Å². The zero-order chi connectivity index (χ0) is 37.5. The first-order valence-corrected chi connectivity index (χ1v) is 18.0. The highest BCUT2D eigenvalue weighted by Crippen LogP contribution is 2.50. The Hall–Kier alpha value is -6.96. The van der Waals surface area contributed by atoms with Gasteiger partial charge in [-0.2, -0.15) is 0 Å². The number of benzene rings is 10. The monoisotopic (exact) mass is 675 g/mol. The third kappa shape index (κ3) is 4.79. The first-order chi connectivity index (χ1) is 27.5. The van der Waals surface area contributed by atoms with Gasteiger partial charge >= 0.3 is 0 Å². The van der Waals surface area contributed by atoms with E-state index in [1.54, 1.807) is 0 Å². The van der Waals surface area contributed by atoms with Crippen LogP contribution in [0.15, 0.2) is 194 Å². The average molecular weight is 676 g/mol. The summed E-state index contributed by atoms with van der Waals surface area (Å²) in [7, 11) is 0. The second-order valence-electron chi connectivity index (χ2n) is 13.7. The fourth-order valence-electron chi connectivity index (χ4n) is 8.24. The Morgan fingerprint density at radius 2 is 0.962 bits per heavy atom. The summed E-state index contributed by atoms with van der Waals surface area (Å²) >= 11 is 0. The normalized spacial score (nSPS) is 12.7. The van der Waals surface area contributed by atoms with Crippen LogP contribution < -0.4 is 4.74 Å². The third-order valence-electron chi connectivity index (χ3n) is 10.7. The highest BCUT2D eigenvalue weighted by Gasteiger charge is 2.23. The molecule has 246 valence electrons. The van der Waals surface area contributed by atoms with Crippen LogP contribution in [0.3, 0.4) is 0 Å². The summed E-state index contributed by atoms with van der Waals surface area (Å²) in [5.74, 6) is 1.53. The first-order valence-electron chi connectivity index (χ1n) is 19.5. The minimum Gasteiger partial charge on any atom is -0.456 e. The maximum absolute atomic E-state index is 10.2. The van der Waals surface area contributed by atoms with E-state index in [1.165, 1.54) is 0 Å². The molecule has 0 atom stereocenters. The van der Waals surface area contributed by atoms with E-state index >= 15 is 0 Å². The van der Waals surface area contributed by atoms with Crippen molar-refractivity contribution in [2.75, 3.05) is 0 Å². The van der Waals surface area contributed by atoms with Gasteiger partial charge in [0.15, 0.2) is 0 Å². The van der Waals surface area contributed by atoms with Gasteiger partial charge in [-0.15, -0.1) is 0 Å². The van der Waals surface area contributed by atoms with Crippen LogP contribution in [0.1, 0.15) is 4.11 Å². The summed E-state index contributed by atoms with van der Waals surface area (Å²) < 4.78 is 36.8. The van der Waals surface area contributed by atoms with Crippen LogP contribution >= 0.6 is 0 Å². The van der Waals surface area contributed by atoms with E-state index in [0.29, 0.717) is 16.7 Å². The minimum absolute atomic E-state index is 0.162. The predicted octanol–water partition coefficient (Wildman–Crippen LogP) is 14.7. The van der Waals surface area contributed by atoms with Crippen LogP contribution in [-0.2, 0) is 0 Å². The number of hydrogen-bond acceptors (Lipinski definition) is 1. The molecule has 11 rings (SSSR count). The van der Waals surface area contributed by atoms with Crippen LogP contribution in [0, 0.1) is 0 Å². The van der Waals surface area contributed by atoms with Crippen molar-refractivity contribution in [3.63, 3.8) is 0 Å². The minimum atomic E-state index is 0.162. The lowest BCUT2D eigenvalue weighted by Crippen LogP contribution is -1.98. The molecule has 0 fully saturated rings. The van der Waals surface area contributed by atoms with Crippen molar-refractivity contribution in [3.05, 3.63) is 194 Å². The Balaban J connectivity index is 1.23. The van der Waals surface area contributed by atoms with Crippen molar-refractivity contribution in [3.8, 4) is 67.1 Å². The molecular weight excluding hydrogens is 641 g/mol. The molecule has 0 bridgehead atoms. The van der Waals surface area contributed by atoms with Crippen LogP contribution in [0.25, 0.3) is 98.7 Å². The number of ether oxygens (including phenoxy) is 1. The third-order valence-corrected chi connectivity index (χ3v) is 10.7. The SMILES string of the molecule is [2H]c1c(-c2ccccc2)c([2H])c(-c2c3ccccc3cc3ccc4ccccc4c23)c([2H])c1-c1ccc2c3c(cccc13)-c1ccc(-c3ccccc3)cc1O2. The molecule has 1 heterocycles.